The summed E-state index contributed by atoms with van der Waals surface area (Å²) in [6.07, 6.45) is 4.79. The van der Waals surface area contributed by atoms with Gasteiger partial charge >= 0.3 is 0 Å². The number of fused-ring (bicyclic) bond motifs is 1. The van der Waals surface area contributed by atoms with Crippen molar-refractivity contribution in [1.29, 1.82) is 15.8 Å². The maximum atomic E-state index is 9.90. The molecule has 0 amide bonds. The van der Waals surface area contributed by atoms with Crippen molar-refractivity contribution in [3.8, 4) is 18.2 Å². The fourth-order valence-electron chi connectivity index (χ4n) is 3.95. The van der Waals surface area contributed by atoms with Crippen molar-refractivity contribution >= 4 is 22.6 Å². The van der Waals surface area contributed by atoms with Gasteiger partial charge < -0.3 is 5.73 Å². The van der Waals surface area contributed by atoms with Crippen LogP contribution in [-0.2, 0) is 0 Å². The highest BCUT2D eigenvalue weighted by Gasteiger charge is 2.53. The Morgan fingerprint density at radius 2 is 1.96 bits per heavy atom. The molecule has 0 saturated heterocycles. The van der Waals surface area contributed by atoms with Crippen LogP contribution in [0.4, 0.5) is 0 Å². The Hall–Kier alpha value is -2.30. The average Bonchev–Trinajstić information content (AvgIpc) is 2.61. The van der Waals surface area contributed by atoms with E-state index in [-0.39, 0.29) is 17.5 Å². The number of rotatable bonds is 1. The largest absolute Gasteiger partial charge is 0.399 e. The van der Waals surface area contributed by atoms with Crippen LogP contribution in [0.25, 0.3) is 0 Å². The molecule has 0 unspecified atom stereocenters. The first kappa shape index (κ1) is 16.6. The molecule has 0 saturated carbocycles. The van der Waals surface area contributed by atoms with Crippen LogP contribution in [0.1, 0.15) is 30.7 Å². The third-order valence-corrected chi connectivity index (χ3v) is 5.68. The van der Waals surface area contributed by atoms with Gasteiger partial charge in [0, 0.05) is 9.49 Å². The van der Waals surface area contributed by atoms with Crippen molar-refractivity contribution < 1.29 is 0 Å². The first-order chi connectivity index (χ1) is 11.6. The third-order valence-electron chi connectivity index (χ3n) is 5.01. The molecule has 0 spiro atoms. The van der Waals surface area contributed by atoms with Gasteiger partial charge in [0.2, 0.25) is 0 Å². The summed E-state index contributed by atoms with van der Waals surface area (Å²) >= 11 is 2.23. The zero-order chi connectivity index (χ0) is 17.3. The Balaban J connectivity index is 2.34. The summed E-state index contributed by atoms with van der Waals surface area (Å²) in [5.74, 6) is -0.385. The fourth-order valence-corrected chi connectivity index (χ4v) is 4.52. The van der Waals surface area contributed by atoms with E-state index in [0.29, 0.717) is 5.57 Å². The van der Waals surface area contributed by atoms with Crippen LogP contribution in [0.15, 0.2) is 47.2 Å². The second-order valence-corrected chi connectivity index (χ2v) is 7.41. The van der Waals surface area contributed by atoms with Crippen LogP contribution in [0.5, 0.6) is 0 Å². The van der Waals surface area contributed by atoms with E-state index in [0.717, 1.165) is 34.0 Å². The third kappa shape index (κ3) is 2.30. The van der Waals surface area contributed by atoms with E-state index in [4.69, 9.17) is 5.73 Å². The van der Waals surface area contributed by atoms with Gasteiger partial charge in [-0.1, -0.05) is 18.2 Å². The fraction of sp³-hybridized carbons (Fsp3) is 0.316. The molecule has 1 aromatic rings. The topological polar surface area (TPSA) is 97.4 Å². The first-order valence-corrected chi connectivity index (χ1v) is 8.85. The van der Waals surface area contributed by atoms with E-state index >= 15 is 0 Å². The minimum atomic E-state index is -1.51. The van der Waals surface area contributed by atoms with Crippen LogP contribution < -0.4 is 5.73 Å². The maximum Gasteiger partial charge on any atom is 0.191 e. The maximum absolute atomic E-state index is 9.90. The van der Waals surface area contributed by atoms with Crippen molar-refractivity contribution in [2.24, 2.45) is 17.1 Å². The molecule has 0 fully saturated rings. The summed E-state index contributed by atoms with van der Waals surface area (Å²) in [7, 11) is 0. The molecular weight excluding hydrogens is 411 g/mol. The van der Waals surface area contributed by atoms with Crippen molar-refractivity contribution in [3.05, 3.63) is 56.3 Å². The lowest BCUT2D eigenvalue weighted by atomic mass is 9.57. The molecule has 1 aromatic carbocycles. The van der Waals surface area contributed by atoms with Crippen molar-refractivity contribution in [3.63, 3.8) is 0 Å². The summed E-state index contributed by atoms with van der Waals surface area (Å²) in [5.41, 5.74) is 6.99. The number of nitrogens with two attached hydrogens (primary N) is 1. The molecule has 24 heavy (non-hydrogen) atoms. The zero-order valence-electron chi connectivity index (χ0n) is 13.0. The molecule has 0 aliphatic heterocycles. The van der Waals surface area contributed by atoms with Gasteiger partial charge in [-0.15, -0.1) is 0 Å². The average molecular weight is 426 g/mol. The van der Waals surface area contributed by atoms with Gasteiger partial charge in [0.1, 0.15) is 6.07 Å². The molecule has 2 aliphatic rings. The number of benzene rings is 1. The Bertz CT molecular complexity index is 862. The quantitative estimate of drug-likeness (QED) is 0.689. The van der Waals surface area contributed by atoms with Gasteiger partial charge in [-0.25, -0.2) is 0 Å². The normalized spacial score (nSPS) is 24.8. The number of hydrogen-bond acceptors (Lipinski definition) is 4. The minimum absolute atomic E-state index is 0.0294. The predicted molar refractivity (Wildman–Crippen MR) is 97.8 cm³/mol. The van der Waals surface area contributed by atoms with Gasteiger partial charge in [-0.3, -0.25) is 0 Å². The lowest BCUT2D eigenvalue weighted by molar-refractivity contribution is 0.317. The first-order valence-electron chi connectivity index (χ1n) is 7.77. The van der Waals surface area contributed by atoms with Gasteiger partial charge in [0.25, 0.3) is 0 Å². The van der Waals surface area contributed by atoms with Gasteiger partial charge in [0.05, 0.1) is 23.4 Å². The Kier molecular flexibility index (Phi) is 4.35. The van der Waals surface area contributed by atoms with Gasteiger partial charge in [-0.2, -0.15) is 15.8 Å². The second-order valence-electron chi connectivity index (χ2n) is 6.16. The van der Waals surface area contributed by atoms with Crippen LogP contribution in [-0.4, -0.2) is 0 Å². The lowest BCUT2D eigenvalue weighted by Crippen LogP contribution is -2.42. The van der Waals surface area contributed by atoms with Gasteiger partial charge in [-0.05, 0) is 71.0 Å². The highest BCUT2D eigenvalue weighted by Crippen LogP contribution is 2.55. The van der Waals surface area contributed by atoms with Crippen LogP contribution >= 0.6 is 22.6 Å². The molecule has 2 N–H and O–H groups in total. The Morgan fingerprint density at radius 3 is 2.58 bits per heavy atom. The lowest BCUT2D eigenvalue weighted by Gasteiger charge is -2.43. The highest BCUT2D eigenvalue weighted by molar-refractivity contribution is 14.1. The van der Waals surface area contributed by atoms with Crippen LogP contribution in [0.2, 0.25) is 0 Å². The molecular formula is C19H15IN4. The number of halogens is 1. The van der Waals surface area contributed by atoms with Crippen LogP contribution in [0, 0.1) is 48.9 Å². The van der Waals surface area contributed by atoms with E-state index in [1.54, 1.807) is 0 Å². The van der Waals surface area contributed by atoms with Crippen LogP contribution in [0.3, 0.4) is 0 Å². The van der Waals surface area contributed by atoms with E-state index < -0.39 is 5.41 Å². The van der Waals surface area contributed by atoms with Crippen molar-refractivity contribution in [2.45, 2.75) is 25.2 Å². The number of allylic oxidation sites excluding steroid dienone is 4. The second kappa shape index (κ2) is 6.30. The molecule has 5 heteroatoms. The SMILES string of the molecule is N#CC1=C(N)C(C#N)(C#N)[C@@H](c2cccc(I)c2)[C@H]2CCCC=C12. The van der Waals surface area contributed by atoms with E-state index in [9.17, 15) is 15.8 Å². The molecule has 2 atom stereocenters. The number of nitriles is 3. The number of nitrogens with zero attached hydrogens (tertiary/aromatic N) is 3. The molecule has 3 rings (SSSR count). The summed E-state index contributed by atoms with van der Waals surface area (Å²) in [6, 6.07) is 14.3. The highest BCUT2D eigenvalue weighted by atomic mass is 127. The molecule has 0 heterocycles. The summed E-state index contributed by atoms with van der Waals surface area (Å²) in [5, 5.41) is 29.4. The van der Waals surface area contributed by atoms with E-state index in [1.807, 2.05) is 24.3 Å². The van der Waals surface area contributed by atoms with E-state index in [2.05, 4.69) is 46.9 Å². The van der Waals surface area contributed by atoms with Gasteiger partial charge in [0.15, 0.2) is 5.41 Å². The molecule has 0 aromatic heterocycles. The number of hydrogen-bond donors (Lipinski definition) is 1. The smallest absolute Gasteiger partial charge is 0.191 e. The monoisotopic (exact) mass is 426 g/mol. The van der Waals surface area contributed by atoms with Crippen molar-refractivity contribution in [2.75, 3.05) is 0 Å². The minimum Gasteiger partial charge on any atom is -0.399 e. The summed E-state index contributed by atoms with van der Waals surface area (Å²) in [4.78, 5) is 0. The predicted octanol–water partition coefficient (Wildman–Crippen LogP) is 3.88. The van der Waals surface area contributed by atoms with Crippen molar-refractivity contribution in [1.82, 2.24) is 0 Å². The Labute approximate surface area is 155 Å². The molecule has 2 aliphatic carbocycles. The molecule has 4 nitrogen and oxygen atoms in total. The standard InChI is InChI=1S/C19H15IN4/c20-13-5-3-4-12(8-13)17-15-7-2-1-6-14(15)16(9-21)18(24)19(17,10-22)11-23/h3-6,8,15,17H,1-2,7,24H2/t15-,17-/m0/s1. The Morgan fingerprint density at radius 1 is 1.21 bits per heavy atom. The summed E-state index contributed by atoms with van der Waals surface area (Å²) < 4.78 is 1.05. The van der Waals surface area contributed by atoms with E-state index in [1.165, 1.54) is 0 Å². The molecule has 0 bridgehead atoms. The molecule has 0 radical (unpaired) electrons. The molecule has 118 valence electrons. The zero-order valence-corrected chi connectivity index (χ0v) is 15.1. The summed E-state index contributed by atoms with van der Waals surface area (Å²) in [6.45, 7) is 0.